The van der Waals surface area contributed by atoms with E-state index in [9.17, 15) is 0 Å². The second-order valence-electron chi connectivity index (χ2n) is 2.13. The quantitative estimate of drug-likeness (QED) is 0.720. The van der Waals surface area contributed by atoms with Crippen LogP contribution < -0.4 is 0 Å². The fraction of sp³-hybridized carbons (Fsp3) is 0.571. The molecule has 2 nitrogen and oxygen atoms in total. The van der Waals surface area contributed by atoms with Gasteiger partial charge in [-0.25, -0.2) is 0 Å². The Bertz CT molecular complexity index is 196. The molecule has 56 valence electrons. The highest BCUT2D eigenvalue weighted by Gasteiger charge is 2.00. The Kier molecular flexibility index (Phi) is 2.49. The number of aryl methyl sites for hydroxylation is 2. The lowest BCUT2D eigenvalue weighted by Gasteiger charge is -1.98. The number of rotatable bonds is 2. The van der Waals surface area contributed by atoms with Crippen LogP contribution in [-0.2, 0) is 13.0 Å². The van der Waals surface area contributed by atoms with Crippen LogP contribution in [0.5, 0.6) is 0 Å². The van der Waals surface area contributed by atoms with Crippen LogP contribution in [0.2, 0.25) is 0 Å². The highest BCUT2D eigenvalue weighted by molar-refractivity contribution is 9.10. The fourth-order valence-corrected chi connectivity index (χ4v) is 1.43. The summed E-state index contributed by atoms with van der Waals surface area (Å²) in [5.41, 5.74) is 1.29. The van der Waals surface area contributed by atoms with Crippen molar-refractivity contribution >= 4 is 15.9 Å². The molecule has 0 N–H and O–H groups in total. The van der Waals surface area contributed by atoms with E-state index in [0.29, 0.717) is 0 Å². The summed E-state index contributed by atoms with van der Waals surface area (Å²) in [7, 11) is 0. The van der Waals surface area contributed by atoms with Crippen LogP contribution in [0.3, 0.4) is 0 Å². The lowest BCUT2D eigenvalue weighted by atomic mass is 10.3. The van der Waals surface area contributed by atoms with Gasteiger partial charge in [0.2, 0.25) is 0 Å². The van der Waals surface area contributed by atoms with E-state index in [1.807, 2.05) is 4.68 Å². The standard InChI is InChI=1S/C7H11BrN2/c1-3-6-5-7(8)9-10(6)4-2/h5H,3-4H2,1-2H3. The summed E-state index contributed by atoms with van der Waals surface area (Å²) in [4.78, 5) is 0. The Hall–Kier alpha value is -0.310. The van der Waals surface area contributed by atoms with E-state index in [0.717, 1.165) is 17.6 Å². The normalized spacial score (nSPS) is 10.3. The van der Waals surface area contributed by atoms with Crippen LogP contribution in [0, 0.1) is 0 Å². The molecule has 0 unspecified atom stereocenters. The predicted molar refractivity (Wildman–Crippen MR) is 45.0 cm³/mol. The molecule has 1 aromatic heterocycles. The van der Waals surface area contributed by atoms with Crippen molar-refractivity contribution < 1.29 is 0 Å². The van der Waals surface area contributed by atoms with E-state index in [1.54, 1.807) is 0 Å². The first-order valence-electron chi connectivity index (χ1n) is 3.50. The van der Waals surface area contributed by atoms with E-state index in [1.165, 1.54) is 5.69 Å². The Labute approximate surface area is 69.4 Å². The van der Waals surface area contributed by atoms with Crippen LogP contribution in [0.15, 0.2) is 10.7 Å². The molecule has 0 atom stereocenters. The van der Waals surface area contributed by atoms with Gasteiger partial charge in [-0.2, -0.15) is 5.10 Å². The molecule has 0 saturated carbocycles. The minimum Gasteiger partial charge on any atom is -0.269 e. The summed E-state index contributed by atoms with van der Waals surface area (Å²) in [6.07, 6.45) is 1.05. The zero-order valence-electron chi connectivity index (χ0n) is 6.26. The highest BCUT2D eigenvalue weighted by Crippen LogP contribution is 2.10. The van der Waals surface area contributed by atoms with Crippen molar-refractivity contribution in [2.75, 3.05) is 0 Å². The Morgan fingerprint density at radius 2 is 2.30 bits per heavy atom. The third kappa shape index (κ3) is 1.40. The zero-order valence-corrected chi connectivity index (χ0v) is 7.85. The molecule has 3 heteroatoms. The minimum absolute atomic E-state index is 0.936. The van der Waals surface area contributed by atoms with Crippen molar-refractivity contribution in [1.82, 2.24) is 9.78 Å². The van der Waals surface area contributed by atoms with Crippen molar-refractivity contribution in [3.05, 3.63) is 16.4 Å². The van der Waals surface area contributed by atoms with Gasteiger partial charge in [-0.3, -0.25) is 4.68 Å². The molecule has 0 aliphatic carbocycles. The van der Waals surface area contributed by atoms with Gasteiger partial charge in [0.15, 0.2) is 0 Å². The third-order valence-corrected chi connectivity index (χ3v) is 1.88. The number of aromatic nitrogens is 2. The first kappa shape index (κ1) is 7.79. The first-order chi connectivity index (χ1) is 4.77. The number of halogens is 1. The van der Waals surface area contributed by atoms with E-state index >= 15 is 0 Å². The molecular weight excluding hydrogens is 192 g/mol. The molecule has 1 rings (SSSR count). The molecule has 0 bridgehead atoms. The second kappa shape index (κ2) is 3.19. The molecular formula is C7H11BrN2. The Balaban J connectivity index is 2.96. The van der Waals surface area contributed by atoms with Crippen molar-refractivity contribution in [2.24, 2.45) is 0 Å². The predicted octanol–water partition coefficient (Wildman–Crippen LogP) is 2.23. The average Bonchev–Trinajstić information content (AvgIpc) is 2.30. The Morgan fingerprint density at radius 1 is 1.60 bits per heavy atom. The van der Waals surface area contributed by atoms with Gasteiger partial charge in [0.25, 0.3) is 0 Å². The topological polar surface area (TPSA) is 17.8 Å². The third-order valence-electron chi connectivity index (χ3n) is 1.50. The summed E-state index contributed by atoms with van der Waals surface area (Å²) in [6, 6.07) is 2.06. The minimum atomic E-state index is 0.936. The molecule has 0 aliphatic heterocycles. The molecule has 0 saturated heterocycles. The van der Waals surface area contributed by atoms with Crippen molar-refractivity contribution in [1.29, 1.82) is 0 Å². The zero-order chi connectivity index (χ0) is 7.56. The molecule has 0 aromatic carbocycles. The maximum Gasteiger partial charge on any atom is 0.128 e. The molecule has 0 spiro atoms. The molecule has 10 heavy (non-hydrogen) atoms. The van der Waals surface area contributed by atoms with Gasteiger partial charge < -0.3 is 0 Å². The Morgan fingerprint density at radius 3 is 2.70 bits per heavy atom. The summed E-state index contributed by atoms with van der Waals surface area (Å²) < 4.78 is 2.94. The molecule has 0 fully saturated rings. The summed E-state index contributed by atoms with van der Waals surface area (Å²) in [6.45, 7) is 5.18. The number of hydrogen-bond acceptors (Lipinski definition) is 1. The van der Waals surface area contributed by atoms with E-state index < -0.39 is 0 Å². The lowest BCUT2D eigenvalue weighted by Crippen LogP contribution is -2.00. The summed E-state index contributed by atoms with van der Waals surface area (Å²) in [5, 5.41) is 4.23. The van der Waals surface area contributed by atoms with E-state index in [2.05, 4.69) is 40.9 Å². The van der Waals surface area contributed by atoms with E-state index in [4.69, 9.17) is 0 Å². The summed E-state index contributed by atoms with van der Waals surface area (Å²) >= 11 is 3.33. The molecule has 1 aromatic rings. The SMILES string of the molecule is CCc1cc(Br)nn1CC. The molecule has 0 aliphatic rings. The van der Waals surface area contributed by atoms with Crippen LogP contribution in [0.1, 0.15) is 19.5 Å². The van der Waals surface area contributed by atoms with Crippen molar-refractivity contribution in [3.8, 4) is 0 Å². The maximum atomic E-state index is 4.23. The molecule has 1 heterocycles. The average molecular weight is 203 g/mol. The molecule has 0 radical (unpaired) electrons. The van der Waals surface area contributed by atoms with Gasteiger partial charge in [0.05, 0.1) is 0 Å². The first-order valence-corrected chi connectivity index (χ1v) is 4.29. The lowest BCUT2D eigenvalue weighted by molar-refractivity contribution is 0.623. The van der Waals surface area contributed by atoms with Crippen LogP contribution in [0.4, 0.5) is 0 Å². The summed E-state index contributed by atoms with van der Waals surface area (Å²) in [5.74, 6) is 0. The largest absolute Gasteiger partial charge is 0.269 e. The van der Waals surface area contributed by atoms with Crippen LogP contribution in [-0.4, -0.2) is 9.78 Å². The van der Waals surface area contributed by atoms with E-state index in [-0.39, 0.29) is 0 Å². The number of nitrogens with zero attached hydrogens (tertiary/aromatic N) is 2. The van der Waals surface area contributed by atoms with Gasteiger partial charge in [-0.1, -0.05) is 6.92 Å². The van der Waals surface area contributed by atoms with Gasteiger partial charge in [0, 0.05) is 12.2 Å². The number of hydrogen-bond donors (Lipinski definition) is 0. The maximum absolute atomic E-state index is 4.23. The van der Waals surface area contributed by atoms with Gasteiger partial charge >= 0.3 is 0 Å². The monoisotopic (exact) mass is 202 g/mol. The fourth-order valence-electron chi connectivity index (χ4n) is 0.979. The van der Waals surface area contributed by atoms with Crippen LogP contribution >= 0.6 is 15.9 Å². The van der Waals surface area contributed by atoms with Crippen molar-refractivity contribution in [3.63, 3.8) is 0 Å². The van der Waals surface area contributed by atoms with Gasteiger partial charge in [-0.05, 0) is 35.3 Å². The second-order valence-corrected chi connectivity index (χ2v) is 2.94. The van der Waals surface area contributed by atoms with Crippen LogP contribution in [0.25, 0.3) is 0 Å². The molecule has 0 amide bonds. The van der Waals surface area contributed by atoms with Crippen molar-refractivity contribution in [2.45, 2.75) is 26.8 Å². The smallest absolute Gasteiger partial charge is 0.128 e. The highest BCUT2D eigenvalue weighted by atomic mass is 79.9. The van der Waals surface area contributed by atoms with Gasteiger partial charge in [-0.15, -0.1) is 0 Å². The van der Waals surface area contributed by atoms with Gasteiger partial charge in [0.1, 0.15) is 4.60 Å².